The van der Waals surface area contributed by atoms with Crippen LogP contribution in [0.15, 0.2) is 279 Å². The number of esters is 8. The van der Waals surface area contributed by atoms with Gasteiger partial charge in [-0.1, -0.05) is 54.6 Å². The molecule has 0 aromatic heterocycles. The highest BCUT2D eigenvalue weighted by atomic mass is 19.4. The van der Waals surface area contributed by atoms with Crippen molar-refractivity contribution in [1.82, 2.24) is 0 Å². The van der Waals surface area contributed by atoms with Gasteiger partial charge in [-0.15, -0.1) is 0 Å². The van der Waals surface area contributed by atoms with E-state index in [0.717, 1.165) is 12.1 Å². The molecular formula is C82H65F3N8O16. The average Bonchev–Trinajstić information content (AvgIpc) is 0.800. The number of anilines is 8. The molecule has 12 aromatic rings. The van der Waals surface area contributed by atoms with Crippen molar-refractivity contribution in [2.45, 2.75) is 13.1 Å². The predicted octanol–water partition coefficient (Wildman–Crippen LogP) is 14.5. The molecule has 0 saturated heterocycles. The Morgan fingerprint density at radius 2 is 0.486 bits per heavy atom. The summed E-state index contributed by atoms with van der Waals surface area (Å²) >= 11 is 0. The Morgan fingerprint density at radius 3 is 0.817 bits per heavy atom. The molecule has 0 spiro atoms. The Kier molecular flexibility index (Phi) is 25.8. The standard InChI is InChI=1S/C21H15F3N2O4.C21H18N2O4.2C20H16N2O4/c22-21(23,24)18-11-16(29-19(27)12-3-1-4-13(25)9-12)7-8-17(18)20(28)30-15-6-2-5-14(26)10-15;1-13-10-15(20(24)26-18-7-3-6-17(23)12-18)8-9-19(13)27-21(25)14-4-2-5-16(22)11-14;21-15-6-1-4-13(10-15)19(23)25-17-8-2-5-14(11-17)20(24)26-18-9-3-7-16(22)12-18;21-15-4-1-3-14(11-15)20(24)25-17-9-7-13(8-10-17)19(23)26-18-6-2-5-16(22)12-18/h1-11H,25-26H2;2-12H,22-23H2,1H3;2*1-12H,21-22H2. The van der Waals surface area contributed by atoms with Gasteiger partial charge in [0.25, 0.3) is 0 Å². The zero-order chi connectivity index (χ0) is 78.3. The highest BCUT2D eigenvalue weighted by Crippen LogP contribution is 2.36. The molecule has 0 amide bonds. The Bertz CT molecular complexity index is 5370. The predicted molar refractivity (Wildman–Crippen MR) is 402 cm³/mol. The molecule has 0 radical (unpaired) electrons. The van der Waals surface area contributed by atoms with E-state index >= 15 is 0 Å². The van der Waals surface area contributed by atoms with E-state index in [1.54, 1.807) is 171 Å². The van der Waals surface area contributed by atoms with Crippen LogP contribution in [0.5, 0.6) is 46.0 Å². The van der Waals surface area contributed by atoms with E-state index in [1.807, 2.05) is 0 Å². The molecule has 0 heterocycles. The van der Waals surface area contributed by atoms with Crippen molar-refractivity contribution in [3.63, 3.8) is 0 Å². The second-order valence-corrected chi connectivity index (χ2v) is 23.1. The van der Waals surface area contributed by atoms with Crippen LogP contribution in [-0.4, -0.2) is 47.8 Å². The van der Waals surface area contributed by atoms with Crippen LogP contribution in [0.2, 0.25) is 0 Å². The molecule has 550 valence electrons. The number of benzene rings is 12. The van der Waals surface area contributed by atoms with Crippen molar-refractivity contribution in [3.8, 4) is 46.0 Å². The Balaban J connectivity index is 0.000000168. The lowest BCUT2D eigenvalue weighted by molar-refractivity contribution is -0.138. The first-order valence-corrected chi connectivity index (χ1v) is 32.2. The zero-order valence-corrected chi connectivity index (χ0v) is 57.3. The number of nitrogen functional groups attached to an aromatic ring is 8. The number of carbonyl (C=O) groups is 8. The van der Waals surface area contributed by atoms with E-state index in [0.29, 0.717) is 108 Å². The molecule has 0 aliphatic carbocycles. The fourth-order valence-corrected chi connectivity index (χ4v) is 9.53. The van der Waals surface area contributed by atoms with E-state index < -0.39 is 70.8 Å². The molecule has 16 N–H and O–H groups in total. The quantitative estimate of drug-likeness (QED) is 0.0253. The average molecular weight is 1480 g/mol. The molecule has 0 aliphatic rings. The summed E-state index contributed by atoms with van der Waals surface area (Å²) < 4.78 is 82.3. The van der Waals surface area contributed by atoms with Gasteiger partial charge in [-0.3, -0.25) is 0 Å². The van der Waals surface area contributed by atoms with Gasteiger partial charge >= 0.3 is 53.9 Å². The first kappa shape index (κ1) is 77.7. The van der Waals surface area contributed by atoms with Gasteiger partial charge in [-0.05, 0) is 213 Å². The lowest BCUT2D eigenvalue weighted by Gasteiger charge is -2.14. The monoisotopic (exact) mass is 1470 g/mol. The van der Waals surface area contributed by atoms with Gasteiger partial charge in [0.05, 0.1) is 50.1 Å². The van der Waals surface area contributed by atoms with E-state index in [2.05, 4.69) is 0 Å². The van der Waals surface area contributed by atoms with Gasteiger partial charge in [0.2, 0.25) is 0 Å². The minimum atomic E-state index is -4.90. The number of alkyl halides is 3. The second kappa shape index (κ2) is 36.1. The first-order valence-electron chi connectivity index (χ1n) is 32.2. The van der Waals surface area contributed by atoms with Crippen molar-refractivity contribution in [2.75, 3.05) is 45.9 Å². The minimum absolute atomic E-state index is 0.00899. The van der Waals surface area contributed by atoms with Crippen LogP contribution in [0.25, 0.3) is 0 Å². The normalized spacial score (nSPS) is 10.4. The molecule has 12 rings (SSSR count). The van der Waals surface area contributed by atoms with Crippen LogP contribution in [0.1, 0.15) is 94.0 Å². The molecular weight excluding hydrogens is 1410 g/mol. The third kappa shape index (κ3) is 23.3. The van der Waals surface area contributed by atoms with Crippen LogP contribution in [0.3, 0.4) is 0 Å². The van der Waals surface area contributed by atoms with Crippen molar-refractivity contribution in [3.05, 3.63) is 335 Å². The van der Waals surface area contributed by atoms with E-state index in [-0.39, 0.29) is 28.3 Å². The van der Waals surface area contributed by atoms with Crippen LogP contribution in [0, 0.1) is 6.92 Å². The van der Waals surface area contributed by atoms with Gasteiger partial charge in [-0.2, -0.15) is 13.2 Å². The molecule has 27 heteroatoms. The molecule has 24 nitrogen and oxygen atoms in total. The third-order valence-electron chi connectivity index (χ3n) is 14.7. The number of hydrogen-bond acceptors (Lipinski definition) is 24. The maximum Gasteiger partial charge on any atom is 0.417 e. The number of carbonyl (C=O) groups excluding carboxylic acids is 8. The SMILES string of the molecule is Cc1cc(C(=O)Oc2cccc(N)c2)ccc1OC(=O)c1cccc(N)c1.Nc1cccc(OC(=O)c2ccc(OC(=O)c3cccc(N)c3)cc2)c1.Nc1cccc(OC(=O)c2ccc(OC(=O)c3cccc(N)c3)cc2C(F)(F)F)c1.Nc1cccc(OC(=O)c2cccc(OC(=O)c3cccc(N)c3)c2)c1. The van der Waals surface area contributed by atoms with Crippen LogP contribution in [0.4, 0.5) is 58.7 Å². The van der Waals surface area contributed by atoms with Gasteiger partial charge in [0.15, 0.2) is 0 Å². The number of ether oxygens (including phenoxy) is 8. The summed E-state index contributed by atoms with van der Waals surface area (Å²) in [5, 5.41) is 0. The summed E-state index contributed by atoms with van der Waals surface area (Å²) in [7, 11) is 0. The molecule has 0 bridgehead atoms. The zero-order valence-electron chi connectivity index (χ0n) is 57.3. The highest BCUT2D eigenvalue weighted by Gasteiger charge is 2.37. The van der Waals surface area contributed by atoms with Crippen molar-refractivity contribution in [2.24, 2.45) is 0 Å². The van der Waals surface area contributed by atoms with Crippen molar-refractivity contribution >= 4 is 93.3 Å². The molecule has 0 fully saturated rings. The summed E-state index contributed by atoms with van der Waals surface area (Å²) in [5.74, 6) is -3.90. The number of nitrogens with two attached hydrogens (primary N) is 8. The maximum absolute atomic E-state index is 13.5. The summed E-state index contributed by atoms with van der Waals surface area (Å²) in [5.41, 5.74) is 49.1. The van der Waals surface area contributed by atoms with Crippen LogP contribution in [-0.2, 0) is 6.18 Å². The molecule has 0 saturated carbocycles. The summed E-state index contributed by atoms with van der Waals surface area (Å²) in [6, 6.07) is 70.0. The highest BCUT2D eigenvalue weighted by molar-refractivity contribution is 5.97. The van der Waals surface area contributed by atoms with Crippen molar-refractivity contribution < 1.29 is 89.4 Å². The number of rotatable bonds is 16. The summed E-state index contributed by atoms with van der Waals surface area (Å²) in [4.78, 5) is 97.6. The molecule has 0 atom stereocenters. The summed E-state index contributed by atoms with van der Waals surface area (Å²) in [6.45, 7) is 1.74. The Hall–Kier alpha value is -15.4. The van der Waals surface area contributed by atoms with E-state index in [1.165, 1.54) is 97.1 Å². The number of halogens is 3. The van der Waals surface area contributed by atoms with E-state index in [4.69, 9.17) is 83.8 Å². The van der Waals surface area contributed by atoms with Gasteiger partial charge in [0.1, 0.15) is 46.0 Å². The maximum atomic E-state index is 13.5. The fraction of sp³-hybridized carbons (Fsp3) is 0.0244. The lowest BCUT2D eigenvalue weighted by Crippen LogP contribution is -2.18. The van der Waals surface area contributed by atoms with Gasteiger partial charge < -0.3 is 83.8 Å². The number of aryl methyl sites for hydroxylation is 1. The van der Waals surface area contributed by atoms with Crippen molar-refractivity contribution in [1.29, 1.82) is 0 Å². The van der Waals surface area contributed by atoms with E-state index in [9.17, 15) is 51.5 Å². The third-order valence-corrected chi connectivity index (χ3v) is 14.7. The van der Waals surface area contributed by atoms with Crippen LogP contribution < -0.4 is 83.8 Å². The molecule has 0 aliphatic heterocycles. The molecule has 12 aromatic carbocycles. The molecule has 0 unspecified atom stereocenters. The largest absolute Gasteiger partial charge is 0.423 e. The Labute approximate surface area is 619 Å². The first-order chi connectivity index (χ1) is 52.1. The van der Waals surface area contributed by atoms with Crippen LogP contribution >= 0.6 is 0 Å². The van der Waals surface area contributed by atoms with Gasteiger partial charge in [0, 0.05) is 69.8 Å². The number of hydrogen-bond donors (Lipinski definition) is 8. The smallest absolute Gasteiger partial charge is 0.417 e. The summed E-state index contributed by atoms with van der Waals surface area (Å²) in [6.07, 6.45) is -4.90. The second-order valence-electron chi connectivity index (χ2n) is 23.1. The Morgan fingerprint density at radius 1 is 0.239 bits per heavy atom. The molecule has 109 heavy (non-hydrogen) atoms. The van der Waals surface area contributed by atoms with Gasteiger partial charge in [-0.25, -0.2) is 38.4 Å². The topological polar surface area (TPSA) is 419 Å². The minimum Gasteiger partial charge on any atom is -0.423 e. The fourth-order valence-electron chi connectivity index (χ4n) is 9.53. The lowest BCUT2D eigenvalue weighted by atomic mass is 10.1.